The Morgan fingerprint density at radius 3 is 2.67 bits per heavy atom. The molecule has 0 saturated heterocycles. The standard InChI is InChI=1S/C19H18N2O3/c22-19(13-10-14-8-11-16(12-9-14)21(23)24)20-18-7-3-5-15-4-1-2-6-17(15)18/h1-2,4,6,8-13,18H,3,5,7H2,(H,20,22). The number of carbonyl (C=O) groups is 1. The summed E-state index contributed by atoms with van der Waals surface area (Å²) in [6, 6.07) is 14.3. The van der Waals surface area contributed by atoms with Crippen molar-refractivity contribution in [1.82, 2.24) is 5.32 Å². The molecule has 1 aliphatic carbocycles. The summed E-state index contributed by atoms with van der Waals surface area (Å²) in [6.07, 6.45) is 6.19. The van der Waals surface area contributed by atoms with Gasteiger partial charge in [0, 0.05) is 18.2 Å². The van der Waals surface area contributed by atoms with E-state index in [1.807, 2.05) is 12.1 Å². The van der Waals surface area contributed by atoms with Crippen molar-refractivity contribution in [3.63, 3.8) is 0 Å². The molecule has 1 amide bonds. The molecular formula is C19H18N2O3. The number of aryl methyl sites for hydroxylation is 1. The molecule has 122 valence electrons. The SMILES string of the molecule is O=C(C=Cc1ccc([N+](=O)[O-])cc1)NC1CCCc2ccccc21. The number of nitro benzene ring substituents is 1. The van der Waals surface area contributed by atoms with Gasteiger partial charge in [-0.2, -0.15) is 0 Å². The third-order valence-electron chi connectivity index (χ3n) is 4.22. The molecule has 0 heterocycles. The average molecular weight is 322 g/mol. The van der Waals surface area contributed by atoms with Crippen molar-refractivity contribution in [3.05, 3.63) is 81.4 Å². The molecule has 0 fully saturated rings. The van der Waals surface area contributed by atoms with Crippen LogP contribution < -0.4 is 5.32 Å². The molecular weight excluding hydrogens is 304 g/mol. The highest BCUT2D eigenvalue weighted by Crippen LogP contribution is 2.29. The zero-order valence-electron chi connectivity index (χ0n) is 13.1. The Morgan fingerprint density at radius 2 is 1.92 bits per heavy atom. The van der Waals surface area contributed by atoms with E-state index in [4.69, 9.17) is 0 Å². The minimum absolute atomic E-state index is 0.0374. The Balaban J connectivity index is 1.65. The van der Waals surface area contributed by atoms with Crippen LogP contribution >= 0.6 is 0 Å². The molecule has 1 aliphatic rings. The van der Waals surface area contributed by atoms with Gasteiger partial charge in [-0.15, -0.1) is 0 Å². The fourth-order valence-corrected chi connectivity index (χ4v) is 3.00. The van der Waals surface area contributed by atoms with Crippen LogP contribution in [0.4, 0.5) is 5.69 Å². The third kappa shape index (κ3) is 3.68. The van der Waals surface area contributed by atoms with E-state index in [9.17, 15) is 14.9 Å². The molecule has 3 rings (SSSR count). The molecule has 5 heteroatoms. The fourth-order valence-electron chi connectivity index (χ4n) is 3.00. The lowest BCUT2D eigenvalue weighted by molar-refractivity contribution is -0.384. The predicted octanol–water partition coefficient (Wildman–Crippen LogP) is 3.80. The van der Waals surface area contributed by atoms with E-state index in [-0.39, 0.29) is 17.6 Å². The molecule has 2 aromatic rings. The Hall–Kier alpha value is -2.95. The molecule has 5 nitrogen and oxygen atoms in total. The number of carbonyl (C=O) groups excluding carboxylic acids is 1. The van der Waals surface area contributed by atoms with Gasteiger partial charge in [0.25, 0.3) is 5.69 Å². The van der Waals surface area contributed by atoms with Gasteiger partial charge in [-0.1, -0.05) is 24.3 Å². The van der Waals surface area contributed by atoms with Crippen LogP contribution in [0.1, 0.15) is 35.6 Å². The van der Waals surface area contributed by atoms with E-state index >= 15 is 0 Å². The van der Waals surface area contributed by atoms with E-state index < -0.39 is 4.92 Å². The third-order valence-corrected chi connectivity index (χ3v) is 4.22. The van der Waals surface area contributed by atoms with Gasteiger partial charge in [-0.25, -0.2) is 0 Å². The first-order valence-corrected chi connectivity index (χ1v) is 7.94. The Kier molecular flexibility index (Phi) is 4.70. The largest absolute Gasteiger partial charge is 0.346 e. The second-order valence-electron chi connectivity index (χ2n) is 5.83. The van der Waals surface area contributed by atoms with E-state index in [1.165, 1.54) is 29.3 Å². The van der Waals surface area contributed by atoms with Gasteiger partial charge in [-0.3, -0.25) is 14.9 Å². The van der Waals surface area contributed by atoms with Crippen molar-refractivity contribution >= 4 is 17.7 Å². The van der Waals surface area contributed by atoms with E-state index in [2.05, 4.69) is 17.4 Å². The molecule has 1 N–H and O–H groups in total. The summed E-state index contributed by atoms with van der Waals surface area (Å²) in [5.74, 6) is -0.157. The van der Waals surface area contributed by atoms with Gasteiger partial charge in [0.05, 0.1) is 11.0 Å². The van der Waals surface area contributed by atoms with Crippen LogP contribution in [0.25, 0.3) is 6.08 Å². The van der Waals surface area contributed by atoms with Crippen molar-refractivity contribution < 1.29 is 9.72 Å². The molecule has 0 aliphatic heterocycles. The number of hydrogen-bond acceptors (Lipinski definition) is 3. The van der Waals surface area contributed by atoms with Crippen LogP contribution in [0.15, 0.2) is 54.6 Å². The predicted molar refractivity (Wildman–Crippen MR) is 92.4 cm³/mol. The summed E-state index contributed by atoms with van der Waals surface area (Å²) in [4.78, 5) is 22.3. The molecule has 0 aromatic heterocycles. The molecule has 24 heavy (non-hydrogen) atoms. The number of rotatable bonds is 4. The van der Waals surface area contributed by atoms with Crippen molar-refractivity contribution in [2.45, 2.75) is 25.3 Å². The summed E-state index contributed by atoms with van der Waals surface area (Å²) in [6.45, 7) is 0. The zero-order chi connectivity index (χ0) is 16.9. The summed E-state index contributed by atoms with van der Waals surface area (Å²) in [7, 11) is 0. The number of hydrogen-bond donors (Lipinski definition) is 1. The Labute approximate surface area is 140 Å². The second kappa shape index (κ2) is 7.08. The number of nitro groups is 1. The average Bonchev–Trinajstić information content (AvgIpc) is 2.61. The maximum absolute atomic E-state index is 12.2. The van der Waals surface area contributed by atoms with Crippen LogP contribution in [0, 0.1) is 10.1 Å². The summed E-state index contributed by atoms with van der Waals surface area (Å²) in [5, 5.41) is 13.7. The van der Waals surface area contributed by atoms with Gasteiger partial charge in [-0.05, 0) is 54.2 Å². The summed E-state index contributed by atoms with van der Waals surface area (Å²) < 4.78 is 0. The van der Waals surface area contributed by atoms with Crippen LogP contribution in [0.5, 0.6) is 0 Å². The van der Waals surface area contributed by atoms with Gasteiger partial charge in [0.2, 0.25) is 5.91 Å². The van der Waals surface area contributed by atoms with Crippen LogP contribution in [0.3, 0.4) is 0 Å². The first-order valence-electron chi connectivity index (χ1n) is 7.94. The fraction of sp³-hybridized carbons (Fsp3) is 0.211. The van der Waals surface area contributed by atoms with Gasteiger partial charge in [0.1, 0.15) is 0 Å². The number of nitrogens with zero attached hydrogens (tertiary/aromatic N) is 1. The number of benzene rings is 2. The monoisotopic (exact) mass is 322 g/mol. The highest BCUT2D eigenvalue weighted by molar-refractivity contribution is 5.92. The van der Waals surface area contributed by atoms with Gasteiger partial charge < -0.3 is 5.32 Å². The van der Waals surface area contributed by atoms with Crippen LogP contribution in [-0.4, -0.2) is 10.8 Å². The molecule has 2 aromatic carbocycles. The van der Waals surface area contributed by atoms with E-state index in [0.717, 1.165) is 24.8 Å². The lowest BCUT2D eigenvalue weighted by Crippen LogP contribution is -2.29. The van der Waals surface area contributed by atoms with Crippen LogP contribution in [-0.2, 0) is 11.2 Å². The number of amides is 1. The number of fused-ring (bicyclic) bond motifs is 1. The number of nitrogens with one attached hydrogen (secondary N) is 1. The molecule has 0 radical (unpaired) electrons. The quantitative estimate of drug-likeness (QED) is 0.528. The topological polar surface area (TPSA) is 72.2 Å². The molecule has 0 bridgehead atoms. The smallest absolute Gasteiger partial charge is 0.269 e. The summed E-state index contributed by atoms with van der Waals surface area (Å²) >= 11 is 0. The second-order valence-corrected chi connectivity index (χ2v) is 5.83. The maximum atomic E-state index is 12.2. The Morgan fingerprint density at radius 1 is 1.17 bits per heavy atom. The van der Waals surface area contributed by atoms with Crippen molar-refractivity contribution in [3.8, 4) is 0 Å². The normalized spacial score (nSPS) is 16.6. The van der Waals surface area contributed by atoms with E-state index in [0.29, 0.717) is 0 Å². The highest BCUT2D eigenvalue weighted by Gasteiger charge is 2.20. The van der Waals surface area contributed by atoms with Gasteiger partial charge >= 0.3 is 0 Å². The zero-order valence-corrected chi connectivity index (χ0v) is 13.1. The van der Waals surface area contributed by atoms with E-state index in [1.54, 1.807) is 18.2 Å². The van der Waals surface area contributed by atoms with Crippen molar-refractivity contribution in [2.75, 3.05) is 0 Å². The Bertz CT molecular complexity index is 781. The highest BCUT2D eigenvalue weighted by atomic mass is 16.6. The lowest BCUT2D eigenvalue weighted by atomic mass is 9.88. The van der Waals surface area contributed by atoms with Gasteiger partial charge in [0.15, 0.2) is 0 Å². The van der Waals surface area contributed by atoms with Crippen molar-refractivity contribution in [1.29, 1.82) is 0 Å². The maximum Gasteiger partial charge on any atom is 0.269 e. The minimum atomic E-state index is -0.444. The molecule has 0 spiro atoms. The van der Waals surface area contributed by atoms with Crippen LogP contribution in [0.2, 0.25) is 0 Å². The first kappa shape index (κ1) is 15.9. The molecule has 1 unspecified atom stereocenters. The molecule has 0 saturated carbocycles. The first-order chi connectivity index (χ1) is 11.6. The summed E-state index contributed by atoms with van der Waals surface area (Å²) in [5.41, 5.74) is 3.28. The minimum Gasteiger partial charge on any atom is -0.346 e. The van der Waals surface area contributed by atoms with Crippen molar-refractivity contribution in [2.24, 2.45) is 0 Å². The lowest BCUT2D eigenvalue weighted by Gasteiger charge is -2.25. The molecule has 1 atom stereocenters. The number of non-ortho nitro benzene ring substituents is 1.